The average Bonchev–Trinajstić information content (AvgIpc) is 2.01. The quantitative estimate of drug-likeness (QED) is 0.735. The minimum absolute atomic E-state index is 0.173. The lowest BCUT2D eigenvalue weighted by Crippen LogP contribution is -2.25. The summed E-state index contributed by atoms with van der Waals surface area (Å²) < 4.78 is 21.9. The van der Waals surface area contributed by atoms with Gasteiger partial charge < -0.3 is 5.11 Å². The molecule has 0 aromatic carbocycles. The van der Waals surface area contributed by atoms with Crippen LogP contribution in [-0.4, -0.2) is 25.4 Å². The molecule has 0 aromatic rings. The van der Waals surface area contributed by atoms with Crippen LogP contribution < -0.4 is 4.72 Å². The number of rotatable bonds is 5. The minimum Gasteiger partial charge on any atom is -0.481 e. The van der Waals surface area contributed by atoms with Crippen molar-refractivity contribution < 1.29 is 23.1 Å². The van der Waals surface area contributed by atoms with E-state index in [0.29, 0.717) is 12.8 Å². The highest BCUT2D eigenvalue weighted by Gasteiger charge is 2.07. The number of hydrogen-bond donors (Lipinski definition) is 2. The number of carbonyl (C=O) groups is 2. The molecule has 0 aliphatic carbocycles. The molecule has 0 aliphatic heterocycles. The smallest absolute Gasteiger partial charge is 0.321 e. The predicted octanol–water partition coefficient (Wildman–Crippen LogP) is 1.26. The van der Waals surface area contributed by atoms with Crippen LogP contribution in [0.1, 0.15) is 39.5 Å². The zero-order valence-corrected chi connectivity index (χ0v) is 10.8. The summed E-state index contributed by atoms with van der Waals surface area (Å²) in [5.74, 6) is -1.28. The molecule has 0 aliphatic rings. The number of carboxylic acid groups (broad SMARTS) is 1. The van der Waals surface area contributed by atoms with Crippen LogP contribution in [0.15, 0.2) is 0 Å². The zero-order valence-electron chi connectivity index (χ0n) is 9.19. The second kappa shape index (κ2) is 9.41. The van der Waals surface area contributed by atoms with Crippen LogP contribution in [0.5, 0.6) is 0 Å². The molecule has 0 radical (unpaired) electrons. The van der Waals surface area contributed by atoms with Gasteiger partial charge >= 0.3 is 15.2 Å². The first-order valence-corrected chi connectivity index (χ1v) is 7.00. The van der Waals surface area contributed by atoms with Crippen LogP contribution in [-0.2, 0) is 18.8 Å². The molecule has 0 saturated heterocycles. The van der Waals surface area contributed by atoms with Gasteiger partial charge in [-0.05, 0) is 12.8 Å². The first-order valence-electron chi connectivity index (χ1n) is 4.69. The number of aliphatic carboxylic acids is 1. The Bertz CT molecular complexity index is 314. The topological polar surface area (TPSA) is 101 Å². The predicted molar refractivity (Wildman–Crippen MR) is 60.4 cm³/mol. The highest BCUT2D eigenvalue weighted by atomic mass is 35.7. The molecule has 0 aromatic heterocycles. The van der Waals surface area contributed by atoms with Crippen LogP contribution in [0.3, 0.4) is 0 Å². The van der Waals surface area contributed by atoms with Gasteiger partial charge in [0, 0.05) is 23.5 Å². The van der Waals surface area contributed by atoms with Gasteiger partial charge in [-0.1, -0.05) is 13.8 Å². The Balaban J connectivity index is 0. The van der Waals surface area contributed by atoms with Crippen LogP contribution in [0.4, 0.5) is 0 Å². The fraction of sp³-hybridized carbons (Fsp3) is 0.750. The van der Waals surface area contributed by atoms with E-state index in [9.17, 15) is 18.0 Å². The lowest BCUT2D eigenvalue weighted by atomic mass is 10.3. The Morgan fingerprint density at radius 2 is 1.62 bits per heavy atom. The van der Waals surface area contributed by atoms with E-state index in [-0.39, 0.29) is 6.42 Å². The van der Waals surface area contributed by atoms with Gasteiger partial charge in [0.2, 0.25) is 5.91 Å². The van der Waals surface area contributed by atoms with E-state index >= 15 is 0 Å². The third-order valence-corrected chi connectivity index (χ3v) is 1.88. The van der Waals surface area contributed by atoms with Crippen molar-refractivity contribution in [3.63, 3.8) is 0 Å². The maximum Gasteiger partial charge on any atom is 0.321 e. The van der Waals surface area contributed by atoms with Gasteiger partial charge in [-0.3, -0.25) is 9.59 Å². The molecular weight excluding hydrogens is 258 g/mol. The zero-order chi connectivity index (χ0) is 13.2. The van der Waals surface area contributed by atoms with Crippen molar-refractivity contribution in [1.82, 2.24) is 4.72 Å². The fourth-order valence-corrected chi connectivity index (χ4v) is 1.26. The number of halogens is 1. The van der Waals surface area contributed by atoms with Crippen molar-refractivity contribution in [3.05, 3.63) is 0 Å². The van der Waals surface area contributed by atoms with E-state index in [1.165, 1.54) is 0 Å². The van der Waals surface area contributed by atoms with Crippen LogP contribution in [0.2, 0.25) is 0 Å². The summed E-state index contributed by atoms with van der Waals surface area (Å²) >= 11 is 0. The standard InChI is InChI=1S/C4H8ClNO3S.C4H8O2/c1-2-3-4(7)6-10(5,8)9;1-2-3-4(5)6/h2-3H2,1H3,(H,6,7);2-3H2,1H3,(H,5,6). The number of carbonyl (C=O) groups excluding carboxylic acids is 1. The third-order valence-electron chi connectivity index (χ3n) is 1.18. The van der Waals surface area contributed by atoms with Crippen LogP contribution >= 0.6 is 10.7 Å². The van der Waals surface area contributed by atoms with Gasteiger partial charge in [-0.25, -0.2) is 4.72 Å². The van der Waals surface area contributed by atoms with Gasteiger partial charge in [0.1, 0.15) is 0 Å². The van der Waals surface area contributed by atoms with Gasteiger partial charge in [0.15, 0.2) is 0 Å². The van der Waals surface area contributed by atoms with Gasteiger partial charge in [0.25, 0.3) is 0 Å². The Morgan fingerprint density at radius 3 is 1.81 bits per heavy atom. The number of carboxylic acids is 1. The molecular formula is C8H16ClNO5S. The average molecular weight is 274 g/mol. The summed E-state index contributed by atoms with van der Waals surface area (Å²) in [7, 11) is 0.831. The first kappa shape index (κ1) is 17.6. The summed E-state index contributed by atoms with van der Waals surface area (Å²) in [5, 5.41) is 7.91. The molecule has 0 heterocycles. The summed E-state index contributed by atoms with van der Waals surface area (Å²) in [6.07, 6.45) is 1.79. The van der Waals surface area contributed by atoms with Crippen molar-refractivity contribution in [2.45, 2.75) is 39.5 Å². The van der Waals surface area contributed by atoms with Gasteiger partial charge in [0.05, 0.1) is 0 Å². The molecule has 0 fully saturated rings. The highest BCUT2D eigenvalue weighted by Crippen LogP contribution is 1.92. The van der Waals surface area contributed by atoms with E-state index < -0.39 is 21.1 Å². The van der Waals surface area contributed by atoms with E-state index in [1.54, 1.807) is 11.6 Å². The monoisotopic (exact) mass is 273 g/mol. The summed E-state index contributed by atoms with van der Waals surface area (Å²) in [6.45, 7) is 3.61. The molecule has 16 heavy (non-hydrogen) atoms. The minimum atomic E-state index is -3.87. The Labute approximate surface area is 99.5 Å². The Kier molecular flexibility index (Phi) is 10.3. The molecule has 6 nitrogen and oxygen atoms in total. The Morgan fingerprint density at radius 1 is 1.19 bits per heavy atom. The molecule has 0 spiro atoms. The van der Waals surface area contributed by atoms with E-state index in [4.69, 9.17) is 15.8 Å². The number of nitrogens with one attached hydrogen (secondary N) is 1. The molecule has 0 saturated carbocycles. The van der Waals surface area contributed by atoms with Gasteiger partial charge in [-0.15, -0.1) is 0 Å². The number of amides is 1. The lowest BCUT2D eigenvalue weighted by Gasteiger charge is -1.96. The normalized spacial score (nSPS) is 9.94. The largest absolute Gasteiger partial charge is 0.481 e. The molecule has 0 unspecified atom stereocenters. The summed E-state index contributed by atoms with van der Waals surface area (Å²) in [5.41, 5.74) is 0. The summed E-state index contributed by atoms with van der Waals surface area (Å²) in [4.78, 5) is 20.1. The molecule has 0 rings (SSSR count). The van der Waals surface area contributed by atoms with E-state index in [1.807, 2.05) is 6.92 Å². The molecule has 1 amide bonds. The van der Waals surface area contributed by atoms with Crippen molar-refractivity contribution in [3.8, 4) is 0 Å². The van der Waals surface area contributed by atoms with Crippen molar-refractivity contribution >= 4 is 31.8 Å². The molecule has 0 bridgehead atoms. The van der Waals surface area contributed by atoms with Crippen LogP contribution in [0.25, 0.3) is 0 Å². The molecule has 2 N–H and O–H groups in total. The summed E-state index contributed by atoms with van der Waals surface area (Å²) in [6, 6.07) is 0. The lowest BCUT2D eigenvalue weighted by molar-refractivity contribution is -0.137. The van der Waals surface area contributed by atoms with E-state index in [2.05, 4.69) is 0 Å². The van der Waals surface area contributed by atoms with Crippen LogP contribution in [0, 0.1) is 0 Å². The van der Waals surface area contributed by atoms with Crippen molar-refractivity contribution in [2.24, 2.45) is 0 Å². The second-order valence-electron chi connectivity index (χ2n) is 2.86. The van der Waals surface area contributed by atoms with E-state index in [0.717, 1.165) is 6.42 Å². The first-order chi connectivity index (χ1) is 7.22. The fourth-order valence-electron chi connectivity index (χ4n) is 0.628. The van der Waals surface area contributed by atoms with Crippen molar-refractivity contribution in [2.75, 3.05) is 0 Å². The third kappa shape index (κ3) is 18.9. The second-order valence-corrected chi connectivity index (χ2v) is 5.16. The maximum atomic E-state index is 10.5. The Hall–Kier alpha value is -0.820. The maximum absolute atomic E-state index is 10.5. The van der Waals surface area contributed by atoms with Crippen molar-refractivity contribution in [1.29, 1.82) is 0 Å². The SMILES string of the molecule is CCCC(=O)NS(=O)(=O)Cl.CCCC(=O)O. The molecule has 0 atom stereocenters. The molecule has 8 heteroatoms. The molecule has 96 valence electrons. The van der Waals surface area contributed by atoms with Gasteiger partial charge in [-0.2, -0.15) is 8.42 Å². The highest BCUT2D eigenvalue weighted by molar-refractivity contribution is 8.12. The number of hydrogen-bond acceptors (Lipinski definition) is 4.